The van der Waals surface area contributed by atoms with Gasteiger partial charge in [-0.25, -0.2) is 4.39 Å². The molecule has 2 aromatic carbocycles. The van der Waals surface area contributed by atoms with Crippen molar-refractivity contribution in [2.75, 3.05) is 11.9 Å². The molecule has 0 bridgehead atoms. The first-order chi connectivity index (χ1) is 9.65. The van der Waals surface area contributed by atoms with Crippen LogP contribution >= 0.6 is 0 Å². The van der Waals surface area contributed by atoms with Crippen molar-refractivity contribution >= 4 is 11.6 Å². The molecule has 1 atom stereocenters. The fourth-order valence-electron chi connectivity index (χ4n) is 1.87. The second-order valence-electron chi connectivity index (χ2n) is 4.57. The molecule has 104 valence electrons. The molecule has 2 N–H and O–H groups in total. The molecule has 0 aliphatic heterocycles. The third-order valence-electron chi connectivity index (χ3n) is 2.98. The van der Waals surface area contributed by atoms with E-state index < -0.39 is 0 Å². The van der Waals surface area contributed by atoms with Crippen molar-refractivity contribution in [1.82, 2.24) is 5.32 Å². The molecule has 0 aliphatic rings. The lowest BCUT2D eigenvalue weighted by atomic mass is 10.1. The second kappa shape index (κ2) is 6.82. The van der Waals surface area contributed by atoms with Crippen LogP contribution in [0.25, 0.3) is 0 Å². The maximum atomic E-state index is 13.1. The van der Waals surface area contributed by atoms with E-state index in [0.717, 1.165) is 11.3 Å². The summed E-state index contributed by atoms with van der Waals surface area (Å²) in [6.07, 6.45) is 0. The van der Waals surface area contributed by atoms with Crippen LogP contribution in [-0.4, -0.2) is 12.5 Å². The van der Waals surface area contributed by atoms with E-state index in [1.54, 1.807) is 6.07 Å². The highest BCUT2D eigenvalue weighted by atomic mass is 19.1. The molecular formula is C16H17FN2O. The molecule has 0 aromatic heterocycles. The van der Waals surface area contributed by atoms with Gasteiger partial charge in [0.05, 0.1) is 6.54 Å². The summed E-state index contributed by atoms with van der Waals surface area (Å²) in [6.45, 7) is 2.07. The molecule has 0 radical (unpaired) electrons. The number of anilines is 1. The van der Waals surface area contributed by atoms with Crippen LogP contribution in [0.1, 0.15) is 18.5 Å². The first-order valence-corrected chi connectivity index (χ1v) is 6.49. The highest BCUT2D eigenvalue weighted by Gasteiger charge is 2.08. The Morgan fingerprint density at radius 3 is 2.60 bits per heavy atom. The van der Waals surface area contributed by atoms with Crippen LogP contribution in [0.4, 0.5) is 10.1 Å². The zero-order valence-electron chi connectivity index (χ0n) is 11.3. The zero-order valence-corrected chi connectivity index (χ0v) is 11.3. The van der Waals surface area contributed by atoms with Gasteiger partial charge in [-0.2, -0.15) is 0 Å². The number of hydrogen-bond donors (Lipinski definition) is 2. The van der Waals surface area contributed by atoms with Gasteiger partial charge in [-0.1, -0.05) is 30.3 Å². The third kappa shape index (κ3) is 4.17. The average Bonchev–Trinajstić information content (AvgIpc) is 2.46. The summed E-state index contributed by atoms with van der Waals surface area (Å²) in [5, 5.41) is 5.85. The molecule has 0 saturated carbocycles. The summed E-state index contributed by atoms with van der Waals surface area (Å²) < 4.78 is 13.1. The quantitative estimate of drug-likeness (QED) is 0.878. The van der Waals surface area contributed by atoms with Gasteiger partial charge in [-0.3, -0.25) is 4.79 Å². The van der Waals surface area contributed by atoms with Gasteiger partial charge in [0.1, 0.15) is 5.82 Å². The van der Waals surface area contributed by atoms with Crippen LogP contribution < -0.4 is 10.6 Å². The first kappa shape index (κ1) is 14.2. The number of amides is 1. The highest BCUT2D eigenvalue weighted by Crippen LogP contribution is 2.13. The normalized spacial score (nSPS) is 11.9. The SMILES string of the molecule is C[C@@H](NCC(=O)Nc1ccccc1)c1cccc(F)c1. The second-order valence-corrected chi connectivity index (χ2v) is 4.57. The van der Waals surface area contributed by atoms with Crippen LogP contribution in [0.15, 0.2) is 54.6 Å². The van der Waals surface area contributed by atoms with Gasteiger partial charge in [0.2, 0.25) is 5.91 Å². The Kier molecular flexibility index (Phi) is 4.85. The zero-order chi connectivity index (χ0) is 14.4. The predicted molar refractivity (Wildman–Crippen MR) is 77.9 cm³/mol. The molecule has 0 spiro atoms. The molecule has 0 unspecified atom stereocenters. The van der Waals surface area contributed by atoms with E-state index >= 15 is 0 Å². The van der Waals surface area contributed by atoms with Crippen LogP contribution in [-0.2, 0) is 4.79 Å². The lowest BCUT2D eigenvalue weighted by molar-refractivity contribution is -0.115. The number of nitrogens with one attached hydrogen (secondary N) is 2. The number of para-hydroxylation sites is 1. The van der Waals surface area contributed by atoms with E-state index in [9.17, 15) is 9.18 Å². The van der Waals surface area contributed by atoms with E-state index in [1.165, 1.54) is 12.1 Å². The van der Waals surface area contributed by atoms with E-state index in [1.807, 2.05) is 43.3 Å². The monoisotopic (exact) mass is 272 g/mol. The summed E-state index contributed by atoms with van der Waals surface area (Å²) in [4.78, 5) is 11.8. The van der Waals surface area contributed by atoms with Crippen LogP contribution in [0.5, 0.6) is 0 Å². The minimum atomic E-state index is -0.273. The minimum absolute atomic E-state index is 0.0905. The number of benzene rings is 2. The fraction of sp³-hybridized carbons (Fsp3) is 0.188. The molecule has 1 amide bonds. The van der Waals surface area contributed by atoms with Gasteiger partial charge >= 0.3 is 0 Å². The molecule has 0 fully saturated rings. The van der Waals surface area contributed by atoms with Crippen molar-refractivity contribution in [2.24, 2.45) is 0 Å². The molecule has 0 saturated heterocycles. The third-order valence-corrected chi connectivity index (χ3v) is 2.98. The van der Waals surface area contributed by atoms with E-state index in [-0.39, 0.29) is 24.3 Å². The van der Waals surface area contributed by atoms with E-state index in [2.05, 4.69) is 10.6 Å². The van der Waals surface area contributed by atoms with Crippen molar-refractivity contribution in [3.63, 3.8) is 0 Å². The molecule has 3 nitrogen and oxygen atoms in total. The average molecular weight is 272 g/mol. The maximum absolute atomic E-state index is 13.1. The lowest BCUT2D eigenvalue weighted by Gasteiger charge is -2.14. The van der Waals surface area contributed by atoms with Crippen LogP contribution in [0.2, 0.25) is 0 Å². The Morgan fingerprint density at radius 1 is 1.15 bits per heavy atom. The largest absolute Gasteiger partial charge is 0.325 e. The molecule has 20 heavy (non-hydrogen) atoms. The van der Waals surface area contributed by atoms with Gasteiger partial charge in [0.25, 0.3) is 0 Å². The molecular weight excluding hydrogens is 255 g/mol. The van der Waals surface area contributed by atoms with Gasteiger partial charge in [-0.15, -0.1) is 0 Å². The summed E-state index contributed by atoms with van der Waals surface area (Å²) in [6, 6.07) is 15.5. The van der Waals surface area contributed by atoms with E-state index in [0.29, 0.717) is 0 Å². The van der Waals surface area contributed by atoms with Crippen molar-refractivity contribution in [3.05, 3.63) is 66.0 Å². The molecule has 2 aromatic rings. The Labute approximate surface area is 117 Å². The number of rotatable bonds is 5. The van der Waals surface area contributed by atoms with Crippen LogP contribution in [0, 0.1) is 5.82 Å². The number of hydrogen-bond acceptors (Lipinski definition) is 2. The van der Waals surface area contributed by atoms with Crippen molar-refractivity contribution in [2.45, 2.75) is 13.0 Å². The maximum Gasteiger partial charge on any atom is 0.238 e. The van der Waals surface area contributed by atoms with Gasteiger partial charge in [0.15, 0.2) is 0 Å². The van der Waals surface area contributed by atoms with Gasteiger partial charge in [-0.05, 0) is 36.8 Å². The Hall–Kier alpha value is -2.20. The summed E-state index contributed by atoms with van der Waals surface area (Å²) >= 11 is 0. The summed E-state index contributed by atoms with van der Waals surface area (Å²) in [7, 11) is 0. The minimum Gasteiger partial charge on any atom is -0.325 e. The highest BCUT2D eigenvalue weighted by molar-refractivity contribution is 5.92. The predicted octanol–water partition coefficient (Wildman–Crippen LogP) is 3.12. The van der Waals surface area contributed by atoms with Crippen LogP contribution in [0.3, 0.4) is 0 Å². The van der Waals surface area contributed by atoms with Crippen molar-refractivity contribution in [3.8, 4) is 0 Å². The standard InChI is InChI=1S/C16H17FN2O/c1-12(13-6-5-7-14(17)10-13)18-11-16(20)19-15-8-3-2-4-9-15/h2-10,12,18H,11H2,1H3,(H,19,20)/t12-/m1/s1. The van der Waals surface area contributed by atoms with E-state index in [4.69, 9.17) is 0 Å². The molecule has 0 aliphatic carbocycles. The Balaban J connectivity index is 1.84. The smallest absolute Gasteiger partial charge is 0.238 e. The fourth-order valence-corrected chi connectivity index (χ4v) is 1.87. The van der Waals surface area contributed by atoms with Crippen molar-refractivity contribution in [1.29, 1.82) is 0 Å². The summed E-state index contributed by atoms with van der Waals surface area (Å²) in [5.74, 6) is -0.399. The first-order valence-electron chi connectivity index (χ1n) is 6.49. The lowest BCUT2D eigenvalue weighted by Crippen LogP contribution is -2.30. The number of carbonyl (C=O) groups is 1. The Morgan fingerprint density at radius 2 is 1.90 bits per heavy atom. The molecule has 0 heterocycles. The number of halogens is 1. The van der Waals surface area contributed by atoms with Crippen molar-refractivity contribution < 1.29 is 9.18 Å². The topological polar surface area (TPSA) is 41.1 Å². The van der Waals surface area contributed by atoms with Gasteiger partial charge in [0, 0.05) is 11.7 Å². The summed E-state index contributed by atoms with van der Waals surface area (Å²) in [5.41, 5.74) is 1.58. The Bertz CT molecular complexity index is 572. The van der Waals surface area contributed by atoms with Gasteiger partial charge < -0.3 is 10.6 Å². The number of carbonyl (C=O) groups excluding carboxylic acids is 1. The molecule has 2 rings (SSSR count). The molecule has 4 heteroatoms.